The lowest BCUT2D eigenvalue weighted by Gasteiger charge is -2.18. The van der Waals surface area contributed by atoms with Crippen LogP contribution < -0.4 is 0 Å². The van der Waals surface area contributed by atoms with Crippen LogP contribution in [0.25, 0.3) is 0 Å². The summed E-state index contributed by atoms with van der Waals surface area (Å²) in [6.45, 7) is 6.54. The summed E-state index contributed by atoms with van der Waals surface area (Å²) in [5.74, 6) is 0.563. The minimum Gasteiger partial charge on any atom is -0.388 e. The molecule has 0 amide bonds. The summed E-state index contributed by atoms with van der Waals surface area (Å²) in [6, 6.07) is 8.41. The lowest BCUT2D eigenvalue weighted by molar-refractivity contribution is 0.104. The highest BCUT2D eigenvalue weighted by atomic mass is 16.3. The van der Waals surface area contributed by atoms with Gasteiger partial charge in [-0.1, -0.05) is 45.0 Å². The number of hydrogen-bond donors (Lipinski definition) is 1. The fourth-order valence-electron chi connectivity index (χ4n) is 1.94. The second kappa shape index (κ2) is 3.64. The molecule has 15 heavy (non-hydrogen) atoms. The number of benzene rings is 1. The monoisotopic (exact) mass is 204 g/mol. The van der Waals surface area contributed by atoms with Crippen LogP contribution in [-0.2, 0) is 0 Å². The van der Waals surface area contributed by atoms with Crippen molar-refractivity contribution >= 4 is 0 Å². The first-order chi connectivity index (χ1) is 7.03. The van der Waals surface area contributed by atoms with Crippen molar-refractivity contribution in [2.45, 2.75) is 45.6 Å². The van der Waals surface area contributed by atoms with E-state index in [0.29, 0.717) is 5.92 Å². The molecule has 1 N–H and O–H groups in total. The van der Waals surface area contributed by atoms with Gasteiger partial charge in [-0.2, -0.15) is 0 Å². The van der Waals surface area contributed by atoms with E-state index in [0.717, 1.165) is 18.4 Å². The molecule has 0 aliphatic heterocycles. The Morgan fingerprint density at radius 2 is 1.53 bits per heavy atom. The molecule has 1 aromatic carbocycles. The predicted octanol–water partition coefficient (Wildman–Crippen LogP) is 3.64. The molecule has 0 heterocycles. The van der Waals surface area contributed by atoms with E-state index in [1.165, 1.54) is 5.56 Å². The Labute approximate surface area is 92.1 Å². The molecule has 2 rings (SSSR count). The van der Waals surface area contributed by atoms with E-state index < -0.39 is 0 Å². The second-order valence-electron chi connectivity index (χ2n) is 5.38. The molecule has 1 aliphatic rings. The summed E-state index contributed by atoms with van der Waals surface area (Å²) >= 11 is 0. The molecule has 0 spiro atoms. The van der Waals surface area contributed by atoms with Crippen LogP contribution in [0.1, 0.15) is 56.8 Å². The van der Waals surface area contributed by atoms with Gasteiger partial charge in [-0.25, -0.2) is 0 Å². The zero-order valence-electron chi connectivity index (χ0n) is 9.83. The van der Waals surface area contributed by atoms with Crippen LogP contribution in [0.2, 0.25) is 0 Å². The fourth-order valence-corrected chi connectivity index (χ4v) is 1.94. The number of aliphatic hydroxyl groups excluding tert-OH is 1. The Morgan fingerprint density at radius 1 is 1.07 bits per heavy atom. The van der Waals surface area contributed by atoms with E-state index in [2.05, 4.69) is 45.0 Å². The molecule has 1 atom stereocenters. The number of rotatable bonds is 3. The second-order valence-corrected chi connectivity index (χ2v) is 5.38. The van der Waals surface area contributed by atoms with Gasteiger partial charge in [0.25, 0.3) is 0 Å². The maximum atomic E-state index is 10.1. The number of hydrogen-bond acceptors (Lipinski definition) is 1. The van der Waals surface area contributed by atoms with E-state index in [1.807, 2.05) is 0 Å². The molecule has 1 fully saturated rings. The first-order valence-electron chi connectivity index (χ1n) is 5.81. The molecule has 0 bridgehead atoms. The van der Waals surface area contributed by atoms with Gasteiger partial charge in [0.1, 0.15) is 0 Å². The molecule has 0 aromatic heterocycles. The molecule has 0 saturated heterocycles. The third-order valence-electron chi connectivity index (χ3n) is 3.62. The lowest BCUT2D eigenvalue weighted by atomic mass is 9.93. The Morgan fingerprint density at radius 3 is 1.93 bits per heavy atom. The van der Waals surface area contributed by atoms with Gasteiger partial charge in [-0.05, 0) is 35.3 Å². The van der Waals surface area contributed by atoms with Gasteiger partial charge >= 0.3 is 0 Å². The molecular formula is C14H20O. The summed E-state index contributed by atoms with van der Waals surface area (Å²) < 4.78 is 0. The molecule has 1 saturated carbocycles. The van der Waals surface area contributed by atoms with E-state index in [1.54, 1.807) is 0 Å². The highest BCUT2D eigenvalue weighted by molar-refractivity contribution is 5.28. The first-order valence-corrected chi connectivity index (χ1v) is 5.81. The standard InChI is InChI=1S/C14H20O/c1-10(2)11-4-6-12(7-5-11)13(15)14(3)8-9-14/h4-7,10,13,15H,8-9H2,1-3H3. The van der Waals surface area contributed by atoms with E-state index >= 15 is 0 Å². The summed E-state index contributed by atoms with van der Waals surface area (Å²) in [5.41, 5.74) is 2.56. The highest BCUT2D eigenvalue weighted by Crippen LogP contribution is 2.54. The summed E-state index contributed by atoms with van der Waals surface area (Å²) in [5, 5.41) is 10.1. The maximum absolute atomic E-state index is 10.1. The van der Waals surface area contributed by atoms with E-state index in [9.17, 15) is 5.11 Å². The normalized spacial score (nSPS) is 20.3. The van der Waals surface area contributed by atoms with Crippen LogP contribution in [0.15, 0.2) is 24.3 Å². The van der Waals surface area contributed by atoms with E-state index in [-0.39, 0.29) is 11.5 Å². The largest absolute Gasteiger partial charge is 0.388 e. The lowest BCUT2D eigenvalue weighted by Crippen LogP contribution is -2.09. The Hall–Kier alpha value is -0.820. The minimum atomic E-state index is -0.279. The summed E-state index contributed by atoms with van der Waals surface area (Å²) in [6.07, 6.45) is 2.03. The SMILES string of the molecule is CC(C)c1ccc(C(O)C2(C)CC2)cc1. The van der Waals surface area contributed by atoms with Gasteiger partial charge in [0.2, 0.25) is 0 Å². The van der Waals surface area contributed by atoms with Crippen molar-refractivity contribution in [3.63, 3.8) is 0 Å². The first kappa shape index (κ1) is 10.7. The van der Waals surface area contributed by atoms with Crippen molar-refractivity contribution in [2.75, 3.05) is 0 Å². The average Bonchev–Trinajstić information content (AvgIpc) is 2.97. The fraction of sp³-hybridized carbons (Fsp3) is 0.571. The van der Waals surface area contributed by atoms with Gasteiger partial charge in [0.05, 0.1) is 6.10 Å². The van der Waals surface area contributed by atoms with Gasteiger partial charge in [-0.3, -0.25) is 0 Å². The van der Waals surface area contributed by atoms with Gasteiger partial charge in [-0.15, -0.1) is 0 Å². The smallest absolute Gasteiger partial charge is 0.0843 e. The zero-order valence-corrected chi connectivity index (χ0v) is 9.83. The molecule has 0 radical (unpaired) electrons. The number of aliphatic hydroxyl groups is 1. The van der Waals surface area contributed by atoms with Gasteiger partial charge < -0.3 is 5.11 Å². The third-order valence-corrected chi connectivity index (χ3v) is 3.62. The molecular weight excluding hydrogens is 184 g/mol. The van der Waals surface area contributed by atoms with Crippen molar-refractivity contribution in [3.8, 4) is 0 Å². The van der Waals surface area contributed by atoms with Crippen LogP contribution in [-0.4, -0.2) is 5.11 Å². The molecule has 1 unspecified atom stereocenters. The quantitative estimate of drug-likeness (QED) is 0.797. The molecule has 1 heteroatoms. The minimum absolute atomic E-state index is 0.152. The van der Waals surface area contributed by atoms with Crippen LogP contribution in [0.3, 0.4) is 0 Å². The molecule has 1 nitrogen and oxygen atoms in total. The van der Waals surface area contributed by atoms with Crippen LogP contribution in [0, 0.1) is 5.41 Å². The summed E-state index contributed by atoms with van der Waals surface area (Å²) in [4.78, 5) is 0. The average molecular weight is 204 g/mol. The van der Waals surface area contributed by atoms with Gasteiger partial charge in [0.15, 0.2) is 0 Å². The predicted molar refractivity (Wildman–Crippen MR) is 62.8 cm³/mol. The molecule has 82 valence electrons. The summed E-state index contributed by atoms with van der Waals surface area (Å²) in [7, 11) is 0. The third kappa shape index (κ3) is 2.07. The Balaban J connectivity index is 2.16. The van der Waals surface area contributed by atoms with Crippen molar-refractivity contribution in [2.24, 2.45) is 5.41 Å². The zero-order chi connectivity index (χ0) is 11.1. The topological polar surface area (TPSA) is 20.2 Å². The molecule has 1 aromatic rings. The van der Waals surface area contributed by atoms with Crippen LogP contribution >= 0.6 is 0 Å². The van der Waals surface area contributed by atoms with Crippen molar-refractivity contribution in [1.82, 2.24) is 0 Å². The van der Waals surface area contributed by atoms with Crippen molar-refractivity contribution in [3.05, 3.63) is 35.4 Å². The van der Waals surface area contributed by atoms with E-state index in [4.69, 9.17) is 0 Å². The van der Waals surface area contributed by atoms with Crippen LogP contribution in [0.4, 0.5) is 0 Å². The van der Waals surface area contributed by atoms with Crippen LogP contribution in [0.5, 0.6) is 0 Å². The van der Waals surface area contributed by atoms with Gasteiger partial charge in [0, 0.05) is 0 Å². The van der Waals surface area contributed by atoms with Crippen molar-refractivity contribution < 1.29 is 5.11 Å². The molecule has 1 aliphatic carbocycles. The Bertz CT molecular complexity index is 333. The van der Waals surface area contributed by atoms with Crippen molar-refractivity contribution in [1.29, 1.82) is 0 Å². The highest BCUT2D eigenvalue weighted by Gasteiger charge is 2.44. The Kier molecular flexibility index (Phi) is 2.59. The maximum Gasteiger partial charge on any atom is 0.0843 e.